The van der Waals surface area contributed by atoms with Crippen molar-refractivity contribution < 1.29 is 53.2 Å². The molecule has 292 valence electrons. The number of benzene rings is 1. The second-order valence-electron chi connectivity index (χ2n) is 15.8. The summed E-state index contributed by atoms with van der Waals surface area (Å²) in [7, 11) is 0. The van der Waals surface area contributed by atoms with Crippen molar-refractivity contribution in [2.24, 2.45) is 0 Å². The fraction of sp³-hybridized carbons (Fsp3) is 0.667. The molecule has 0 atom stereocenters. The highest BCUT2D eigenvalue weighted by Gasteiger charge is 2.26. The molecule has 1 aliphatic rings. The van der Waals surface area contributed by atoms with Gasteiger partial charge in [-0.15, -0.1) is 0 Å². The number of anilines is 1. The van der Waals surface area contributed by atoms with Gasteiger partial charge in [0.15, 0.2) is 0 Å². The van der Waals surface area contributed by atoms with Crippen LogP contribution in [0.2, 0.25) is 0 Å². The summed E-state index contributed by atoms with van der Waals surface area (Å²) in [5, 5.41) is 21.5. The lowest BCUT2D eigenvalue weighted by molar-refractivity contribution is -0.158. The summed E-state index contributed by atoms with van der Waals surface area (Å²) in [6, 6.07) is 3.36. The Balaban J connectivity index is 2.37. The summed E-state index contributed by atoms with van der Waals surface area (Å²) >= 11 is 0. The number of rotatable bonds is 11. The maximum Gasteiger partial charge on any atom is 0.335 e. The molecule has 1 heterocycles. The van der Waals surface area contributed by atoms with Gasteiger partial charge >= 0.3 is 29.8 Å². The summed E-state index contributed by atoms with van der Waals surface area (Å²) in [6.45, 7) is 18.6. The largest absolute Gasteiger partial charge is 0.478 e. The number of carboxylic acid groups (broad SMARTS) is 2. The van der Waals surface area contributed by atoms with Crippen LogP contribution in [-0.2, 0) is 33.4 Å². The van der Waals surface area contributed by atoms with Crippen molar-refractivity contribution in [3.8, 4) is 0 Å². The monoisotopic (exact) mass is 735 g/mol. The molecule has 1 amide bonds. The minimum atomic E-state index is -1.35. The first-order valence-electron chi connectivity index (χ1n) is 17.3. The highest BCUT2D eigenvalue weighted by Crippen LogP contribution is 2.16. The average molecular weight is 736 g/mol. The molecule has 0 bridgehead atoms. The molecule has 1 aliphatic heterocycles. The van der Waals surface area contributed by atoms with Crippen LogP contribution < -0.4 is 5.32 Å². The van der Waals surface area contributed by atoms with Gasteiger partial charge in [-0.2, -0.15) is 0 Å². The number of ether oxygens (including phenoxy) is 3. The Morgan fingerprint density at radius 1 is 0.519 bits per heavy atom. The molecule has 0 saturated carbocycles. The SMILES string of the molecule is CC(C)(C)OC(=O)CN1CCN(CC(=O)Nc2cc(C(=O)O)cc(C(=O)O)c2)CCN(CC(=O)OC(C)(C)C)CCN(CC(=O)OC(C)(C)C)CC1. The summed E-state index contributed by atoms with van der Waals surface area (Å²) < 4.78 is 16.7. The lowest BCUT2D eigenvalue weighted by Gasteiger charge is -2.34. The van der Waals surface area contributed by atoms with Crippen LogP contribution in [0.25, 0.3) is 0 Å². The molecule has 0 radical (unpaired) electrons. The Kier molecular flexibility index (Phi) is 16.2. The maximum atomic E-state index is 13.3. The van der Waals surface area contributed by atoms with Crippen LogP contribution in [0, 0.1) is 0 Å². The van der Waals surface area contributed by atoms with E-state index in [0.717, 1.165) is 6.07 Å². The van der Waals surface area contributed by atoms with Crippen LogP contribution in [0.4, 0.5) is 5.69 Å². The van der Waals surface area contributed by atoms with Crippen LogP contribution in [0.15, 0.2) is 18.2 Å². The van der Waals surface area contributed by atoms with Gasteiger partial charge in [0.05, 0.1) is 37.3 Å². The molecule has 0 aliphatic carbocycles. The second kappa shape index (κ2) is 19.1. The third kappa shape index (κ3) is 18.4. The minimum Gasteiger partial charge on any atom is -0.478 e. The van der Waals surface area contributed by atoms with Crippen molar-refractivity contribution in [2.75, 3.05) is 83.9 Å². The number of esters is 3. The second-order valence-corrected chi connectivity index (χ2v) is 15.8. The quantitative estimate of drug-likeness (QED) is 0.221. The van der Waals surface area contributed by atoms with E-state index in [-0.39, 0.29) is 43.0 Å². The van der Waals surface area contributed by atoms with Crippen molar-refractivity contribution in [2.45, 2.75) is 79.1 Å². The van der Waals surface area contributed by atoms with Crippen molar-refractivity contribution in [3.05, 3.63) is 29.3 Å². The number of carbonyl (C=O) groups excluding carboxylic acids is 4. The third-order valence-electron chi connectivity index (χ3n) is 7.33. The lowest BCUT2D eigenvalue weighted by Crippen LogP contribution is -2.50. The fourth-order valence-corrected chi connectivity index (χ4v) is 5.23. The lowest BCUT2D eigenvalue weighted by atomic mass is 10.1. The van der Waals surface area contributed by atoms with E-state index in [4.69, 9.17) is 14.2 Å². The number of nitrogens with zero attached hydrogens (tertiary/aromatic N) is 4. The Morgan fingerprint density at radius 2 is 0.788 bits per heavy atom. The molecule has 1 aromatic carbocycles. The van der Waals surface area contributed by atoms with Gasteiger partial charge in [-0.3, -0.25) is 38.8 Å². The molecule has 0 aromatic heterocycles. The van der Waals surface area contributed by atoms with E-state index in [1.54, 1.807) is 62.3 Å². The molecule has 16 heteroatoms. The van der Waals surface area contributed by atoms with E-state index >= 15 is 0 Å². The first-order valence-corrected chi connectivity index (χ1v) is 17.3. The zero-order valence-electron chi connectivity index (χ0n) is 32.1. The molecule has 3 N–H and O–H groups in total. The van der Waals surface area contributed by atoms with E-state index in [1.807, 2.05) is 19.6 Å². The van der Waals surface area contributed by atoms with E-state index in [2.05, 4.69) is 5.32 Å². The summed E-state index contributed by atoms with van der Waals surface area (Å²) in [4.78, 5) is 82.7. The number of hydrogen-bond acceptors (Lipinski definition) is 13. The van der Waals surface area contributed by atoms with Crippen LogP contribution in [0.5, 0.6) is 0 Å². The summed E-state index contributed by atoms with van der Waals surface area (Å²) in [5.74, 6) is -4.48. The highest BCUT2D eigenvalue weighted by molar-refractivity contribution is 5.99. The molecular formula is C36H57N5O11. The molecule has 2 rings (SSSR count). The molecule has 1 saturated heterocycles. The van der Waals surface area contributed by atoms with Crippen molar-refractivity contribution in [1.82, 2.24) is 19.6 Å². The molecule has 52 heavy (non-hydrogen) atoms. The summed E-state index contributed by atoms with van der Waals surface area (Å²) in [5.41, 5.74) is -2.66. The van der Waals surface area contributed by atoms with Crippen molar-refractivity contribution in [1.29, 1.82) is 0 Å². The smallest absolute Gasteiger partial charge is 0.335 e. The molecule has 1 fully saturated rings. The zero-order valence-corrected chi connectivity index (χ0v) is 32.1. The van der Waals surface area contributed by atoms with E-state index in [1.165, 1.54) is 12.1 Å². The van der Waals surface area contributed by atoms with Crippen molar-refractivity contribution in [3.63, 3.8) is 0 Å². The summed E-state index contributed by atoms with van der Waals surface area (Å²) in [6.07, 6.45) is 0. The number of hydrogen-bond donors (Lipinski definition) is 3. The van der Waals surface area contributed by atoms with E-state index in [9.17, 15) is 39.0 Å². The predicted octanol–water partition coefficient (Wildman–Crippen LogP) is 2.27. The van der Waals surface area contributed by atoms with Gasteiger partial charge < -0.3 is 29.7 Å². The Labute approximate surface area is 306 Å². The van der Waals surface area contributed by atoms with Crippen molar-refractivity contribution >= 4 is 41.4 Å². The number of aromatic carboxylic acids is 2. The number of carbonyl (C=O) groups is 6. The van der Waals surface area contributed by atoms with Gasteiger partial charge in [-0.25, -0.2) is 9.59 Å². The molecule has 1 aromatic rings. The Hall–Kier alpha value is -4.12. The average Bonchev–Trinajstić information content (AvgIpc) is 2.95. The maximum absolute atomic E-state index is 13.3. The molecule has 16 nitrogen and oxygen atoms in total. The predicted molar refractivity (Wildman–Crippen MR) is 192 cm³/mol. The standard InChI is InChI=1S/C36H57N5O11/c1-34(2,3)50-29(43)22-39-12-10-38(21-28(42)37-27-19-25(32(46)47)18-26(20-27)33(48)49)11-13-40(23-30(44)51-35(4,5)6)15-17-41(16-14-39)24-31(45)52-36(7,8)9/h18-20H,10-17,21-24H2,1-9H3,(H,37,42)(H,46,47)(H,48,49). The highest BCUT2D eigenvalue weighted by atomic mass is 16.6. The van der Waals surface area contributed by atoms with Crippen LogP contribution in [0.1, 0.15) is 83.0 Å². The topological polar surface area (TPSA) is 196 Å². The van der Waals surface area contributed by atoms with Gasteiger partial charge in [-0.05, 0) is 80.5 Å². The van der Waals surface area contributed by atoms with E-state index < -0.39 is 52.6 Å². The minimum absolute atomic E-state index is 0.00318. The Morgan fingerprint density at radius 3 is 1.04 bits per heavy atom. The van der Waals surface area contributed by atoms with Gasteiger partial charge in [0.2, 0.25) is 5.91 Å². The Bertz CT molecular complexity index is 1350. The van der Waals surface area contributed by atoms with Crippen LogP contribution >= 0.6 is 0 Å². The number of nitrogens with one attached hydrogen (secondary N) is 1. The number of amides is 1. The first kappa shape index (κ1) is 44.0. The molecule has 0 unspecified atom stereocenters. The van der Waals surface area contributed by atoms with Gasteiger partial charge in [0.1, 0.15) is 16.8 Å². The molecule has 0 spiro atoms. The van der Waals surface area contributed by atoms with Gasteiger partial charge in [-0.1, -0.05) is 0 Å². The van der Waals surface area contributed by atoms with Crippen LogP contribution in [0.3, 0.4) is 0 Å². The zero-order chi connectivity index (χ0) is 39.4. The van der Waals surface area contributed by atoms with E-state index in [0.29, 0.717) is 52.4 Å². The third-order valence-corrected chi connectivity index (χ3v) is 7.33. The van der Waals surface area contributed by atoms with Gasteiger partial charge in [0.25, 0.3) is 0 Å². The van der Waals surface area contributed by atoms with Gasteiger partial charge in [0, 0.05) is 58.0 Å². The first-order chi connectivity index (χ1) is 23.9. The number of carboxylic acids is 2. The molecular weight excluding hydrogens is 678 g/mol. The van der Waals surface area contributed by atoms with Crippen LogP contribution in [-0.4, -0.2) is 161 Å². The normalized spacial score (nSPS) is 16.6. The fourth-order valence-electron chi connectivity index (χ4n) is 5.23.